The number of aromatic nitrogens is 1. The van der Waals surface area contributed by atoms with Crippen LogP contribution in [0.4, 0.5) is 11.5 Å². The zero-order valence-electron chi connectivity index (χ0n) is 10.2. The Morgan fingerprint density at radius 2 is 2.21 bits per heavy atom. The van der Waals surface area contributed by atoms with Gasteiger partial charge in [-0.1, -0.05) is 18.5 Å². The molecule has 0 saturated carbocycles. The van der Waals surface area contributed by atoms with E-state index in [0.29, 0.717) is 6.54 Å². The molecule has 0 fully saturated rings. The van der Waals surface area contributed by atoms with Crippen LogP contribution < -0.4 is 5.32 Å². The van der Waals surface area contributed by atoms with Crippen LogP contribution in [-0.4, -0.2) is 9.91 Å². The second-order valence-corrected chi connectivity index (χ2v) is 5.54. The van der Waals surface area contributed by atoms with Gasteiger partial charge in [0.2, 0.25) is 5.82 Å². The number of hydrogen-bond acceptors (Lipinski definition) is 5. The Bertz CT molecular complexity index is 600. The highest BCUT2D eigenvalue weighted by Gasteiger charge is 2.15. The van der Waals surface area contributed by atoms with Crippen LogP contribution in [0.3, 0.4) is 0 Å². The summed E-state index contributed by atoms with van der Waals surface area (Å²) in [5.74, 6) is 0.237. The summed E-state index contributed by atoms with van der Waals surface area (Å²) >= 11 is 7.39. The molecule has 100 valence electrons. The van der Waals surface area contributed by atoms with E-state index in [1.54, 1.807) is 11.3 Å². The van der Waals surface area contributed by atoms with E-state index in [1.165, 1.54) is 17.1 Å². The summed E-state index contributed by atoms with van der Waals surface area (Å²) in [5, 5.41) is 14.1. The van der Waals surface area contributed by atoms with Gasteiger partial charge in [0.15, 0.2) is 0 Å². The lowest BCUT2D eigenvalue weighted by Gasteiger charge is -2.04. The van der Waals surface area contributed by atoms with Crippen LogP contribution in [0.2, 0.25) is 5.02 Å². The van der Waals surface area contributed by atoms with E-state index in [0.717, 1.165) is 11.3 Å². The van der Waals surface area contributed by atoms with Crippen LogP contribution in [0.5, 0.6) is 0 Å². The molecule has 0 aliphatic heterocycles. The Morgan fingerprint density at radius 1 is 1.47 bits per heavy atom. The van der Waals surface area contributed by atoms with E-state index >= 15 is 0 Å². The van der Waals surface area contributed by atoms with Crippen molar-refractivity contribution < 1.29 is 4.92 Å². The molecule has 7 heteroatoms. The van der Waals surface area contributed by atoms with Gasteiger partial charge in [-0.25, -0.2) is 4.98 Å². The lowest BCUT2D eigenvalue weighted by atomic mass is 10.3. The predicted octanol–water partition coefficient (Wildman–Crippen LogP) is 3.88. The van der Waals surface area contributed by atoms with Gasteiger partial charge in [-0.05, 0) is 18.6 Å². The SMILES string of the molecule is CCc1ccc(CNc2ncc(Cl)cc2[N+](=O)[O-])s1. The molecule has 19 heavy (non-hydrogen) atoms. The van der Waals surface area contributed by atoms with E-state index in [9.17, 15) is 10.1 Å². The van der Waals surface area contributed by atoms with Crippen molar-refractivity contribution in [3.05, 3.63) is 49.3 Å². The molecule has 0 radical (unpaired) electrons. The summed E-state index contributed by atoms with van der Waals surface area (Å²) in [6.07, 6.45) is 2.38. The molecule has 0 aliphatic carbocycles. The maximum absolute atomic E-state index is 10.9. The fraction of sp³-hybridized carbons (Fsp3) is 0.250. The first-order valence-corrected chi connectivity index (χ1v) is 6.91. The molecule has 2 rings (SSSR count). The second kappa shape index (κ2) is 5.99. The van der Waals surface area contributed by atoms with Gasteiger partial charge < -0.3 is 5.32 Å². The fourth-order valence-electron chi connectivity index (χ4n) is 1.58. The summed E-state index contributed by atoms with van der Waals surface area (Å²) in [6.45, 7) is 2.61. The highest BCUT2D eigenvalue weighted by atomic mass is 35.5. The number of nitrogens with zero attached hydrogens (tertiary/aromatic N) is 2. The summed E-state index contributed by atoms with van der Waals surface area (Å²) in [4.78, 5) is 16.8. The van der Waals surface area contributed by atoms with Crippen molar-refractivity contribution in [2.75, 3.05) is 5.32 Å². The Kier molecular flexibility index (Phi) is 4.34. The van der Waals surface area contributed by atoms with Gasteiger partial charge in [0.05, 0.1) is 16.5 Å². The molecule has 0 aliphatic rings. The third-order valence-electron chi connectivity index (χ3n) is 2.53. The van der Waals surface area contributed by atoms with Gasteiger partial charge in [0.1, 0.15) is 0 Å². The minimum absolute atomic E-state index is 0.111. The number of nitro groups is 1. The van der Waals surface area contributed by atoms with Gasteiger partial charge >= 0.3 is 5.69 Å². The maximum atomic E-state index is 10.9. The number of aryl methyl sites for hydroxylation is 1. The van der Waals surface area contributed by atoms with E-state index in [-0.39, 0.29) is 16.5 Å². The average Bonchev–Trinajstić information content (AvgIpc) is 2.85. The number of halogens is 1. The van der Waals surface area contributed by atoms with Crippen LogP contribution in [0, 0.1) is 10.1 Å². The first kappa shape index (κ1) is 13.8. The largest absolute Gasteiger partial charge is 0.359 e. The first-order chi connectivity index (χ1) is 9.10. The molecule has 0 spiro atoms. The van der Waals surface area contributed by atoms with Crippen molar-refractivity contribution in [1.82, 2.24) is 4.98 Å². The quantitative estimate of drug-likeness (QED) is 0.672. The van der Waals surface area contributed by atoms with E-state index in [1.807, 2.05) is 6.07 Å². The van der Waals surface area contributed by atoms with Gasteiger partial charge in [0, 0.05) is 22.0 Å². The van der Waals surface area contributed by atoms with Crippen LogP contribution in [0.25, 0.3) is 0 Å². The maximum Gasteiger partial charge on any atom is 0.312 e. The van der Waals surface area contributed by atoms with Crippen LogP contribution in [0.15, 0.2) is 24.4 Å². The highest BCUT2D eigenvalue weighted by Crippen LogP contribution is 2.26. The number of anilines is 1. The molecule has 0 saturated heterocycles. The summed E-state index contributed by atoms with van der Waals surface area (Å²) in [5.41, 5.74) is -0.111. The number of hydrogen-bond donors (Lipinski definition) is 1. The Balaban J connectivity index is 2.12. The lowest BCUT2D eigenvalue weighted by Crippen LogP contribution is -2.03. The van der Waals surface area contributed by atoms with Gasteiger partial charge in [-0.2, -0.15) is 0 Å². The monoisotopic (exact) mass is 297 g/mol. The normalized spacial score (nSPS) is 10.4. The van der Waals surface area contributed by atoms with Crippen molar-refractivity contribution in [3.8, 4) is 0 Å². The molecule has 5 nitrogen and oxygen atoms in total. The standard InChI is InChI=1S/C12H12ClN3O2S/c1-2-9-3-4-10(19-9)7-15-12-11(16(17)18)5-8(13)6-14-12/h3-6H,2,7H2,1H3,(H,14,15). The van der Waals surface area contributed by atoms with Crippen molar-refractivity contribution in [1.29, 1.82) is 0 Å². The third kappa shape index (κ3) is 3.42. The molecule has 0 amide bonds. The van der Waals surface area contributed by atoms with E-state index in [2.05, 4.69) is 23.3 Å². The van der Waals surface area contributed by atoms with Crippen molar-refractivity contribution >= 4 is 34.4 Å². The molecule has 2 aromatic heterocycles. The van der Waals surface area contributed by atoms with Gasteiger partial charge in [0.25, 0.3) is 0 Å². The number of nitrogens with one attached hydrogen (secondary N) is 1. The molecule has 2 heterocycles. The topological polar surface area (TPSA) is 68.1 Å². The van der Waals surface area contributed by atoms with E-state index in [4.69, 9.17) is 11.6 Å². The molecule has 0 bridgehead atoms. The smallest absolute Gasteiger partial charge is 0.312 e. The zero-order valence-corrected chi connectivity index (χ0v) is 11.8. The lowest BCUT2D eigenvalue weighted by molar-refractivity contribution is -0.384. The Morgan fingerprint density at radius 3 is 2.84 bits per heavy atom. The molecule has 1 N–H and O–H groups in total. The van der Waals surface area contributed by atoms with Crippen LogP contribution in [-0.2, 0) is 13.0 Å². The second-order valence-electron chi connectivity index (χ2n) is 3.85. The van der Waals surface area contributed by atoms with Crippen molar-refractivity contribution in [2.24, 2.45) is 0 Å². The van der Waals surface area contributed by atoms with Crippen molar-refractivity contribution in [2.45, 2.75) is 19.9 Å². The fourth-order valence-corrected chi connectivity index (χ4v) is 2.63. The Labute approximate surface area is 119 Å². The van der Waals surface area contributed by atoms with Gasteiger partial charge in [-0.3, -0.25) is 10.1 Å². The molecule has 0 atom stereocenters. The first-order valence-electron chi connectivity index (χ1n) is 5.71. The van der Waals surface area contributed by atoms with E-state index < -0.39 is 4.92 Å². The van der Waals surface area contributed by atoms with Crippen LogP contribution in [0.1, 0.15) is 16.7 Å². The molecule has 0 aromatic carbocycles. The molecular weight excluding hydrogens is 286 g/mol. The minimum atomic E-state index is -0.493. The molecule has 0 unspecified atom stereocenters. The average molecular weight is 298 g/mol. The highest BCUT2D eigenvalue weighted by molar-refractivity contribution is 7.12. The Hall–Kier alpha value is -1.66. The van der Waals surface area contributed by atoms with Crippen LogP contribution >= 0.6 is 22.9 Å². The summed E-state index contributed by atoms with van der Waals surface area (Å²) in [7, 11) is 0. The van der Waals surface area contributed by atoms with Crippen molar-refractivity contribution in [3.63, 3.8) is 0 Å². The predicted molar refractivity (Wildman–Crippen MR) is 76.9 cm³/mol. The number of pyridine rings is 1. The van der Waals surface area contributed by atoms with Gasteiger partial charge in [-0.15, -0.1) is 11.3 Å². The third-order valence-corrected chi connectivity index (χ3v) is 3.96. The zero-order chi connectivity index (χ0) is 13.8. The molecule has 2 aromatic rings. The number of thiophene rings is 1. The summed E-state index contributed by atoms with van der Waals surface area (Å²) in [6, 6.07) is 5.37. The summed E-state index contributed by atoms with van der Waals surface area (Å²) < 4.78 is 0. The number of rotatable bonds is 5. The molecular formula is C12H12ClN3O2S. The minimum Gasteiger partial charge on any atom is -0.359 e.